The first-order chi connectivity index (χ1) is 14.7. The van der Waals surface area contributed by atoms with E-state index in [9.17, 15) is 23.3 Å². The highest BCUT2D eigenvalue weighted by Gasteiger charge is 2.24. The molecule has 3 aromatic rings. The summed E-state index contributed by atoms with van der Waals surface area (Å²) in [5.41, 5.74) is 1.26. The molecule has 0 saturated carbocycles. The molecular formula is C23H18N2O5S. The fourth-order valence-corrected chi connectivity index (χ4v) is 3.67. The summed E-state index contributed by atoms with van der Waals surface area (Å²) >= 11 is 0. The van der Waals surface area contributed by atoms with Crippen LogP contribution in [0, 0.1) is 22.5 Å². The highest BCUT2D eigenvalue weighted by Crippen LogP contribution is 2.26. The second-order valence-electron chi connectivity index (χ2n) is 6.82. The van der Waals surface area contributed by atoms with E-state index < -0.39 is 26.4 Å². The lowest BCUT2D eigenvalue weighted by Gasteiger charge is -2.23. The second kappa shape index (κ2) is 8.81. The number of nitrogens with zero attached hydrogens (tertiary/aromatic N) is 2. The van der Waals surface area contributed by atoms with Gasteiger partial charge in [-0.3, -0.25) is 14.9 Å². The number of hydrogen-bond donors (Lipinski definition) is 0. The maximum atomic E-state index is 13.5. The van der Waals surface area contributed by atoms with Gasteiger partial charge in [-0.05, 0) is 29.8 Å². The van der Waals surface area contributed by atoms with Crippen LogP contribution in [0.3, 0.4) is 0 Å². The molecule has 0 radical (unpaired) electrons. The van der Waals surface area contributed by atoms with Gasteiger partial charge in [0.05, 0.1) is 16.4 Å². The molecule has 8 heteroatoms. The van der Waals surface area contributed by atoms with E-state index in [-0.39, 0.29) is 17.0 Å². The van der Waals surface area contributed by atoms with Gasteiger partial charge in [-0.1, -0.05) is 42.3 Å². The molecule has 0 atom stereocenters. The number of benzene rings is 3. The first kappa shape index (κ1) is 21.7. The Bertz CT molecular complexity index is 1300. The number of nitro groups is 1. The van der Waals surface area contributed by atoms with Crippen LogP contribution in [-0.2, 0) is 16.4 Å². The van der Waals surface area contributed by atoms with Gasteiger partial charge in [-0.2, -0.15) is 0 Å². The normalized spacial score (nSPS) is 10.8. The maximum Gasteiger partial charge on any atom is 0.271 e. The summed E-state index contributed by atoms with van der Waals surface area (Å²) in [4.78, 5) is 25.2. The number of non-ortho nitro benzene ring substituents is 1. The number of rotatable bonds is 6. The van der Waals surface area contributed by atoms with Crippen LogP contribution in [0.25, 0.3) is 0 Å². The summed E-state index contributed by atoms with van der Waals surface area (Å²) < 4.78 is 24.1. The standard InChI is InChI=1S/C23H18N2O5S/c1-3-17-10-7-11-20(12-17)24(16-18-8-5-4-6-9-18)23(26)19-13-21(25(27)28)15-22(14-19)31(2,29)30/h1,4-15H,16H2,2H3. The predicted molar refractivity (Wildman–Crippen MR) is 118 cm³/mol. The first-order valence-corrected chi connectivity index (χ1v) is 11.0. The van der Waals surface area contributed by atoms with Crippen molar-refractivity contribution in [3.05, 3.63) is 99.6 Å². The Hall–Kier alpha value is -3.96. The zero-order valence-electron chi connectivity index (χ0n) is 16.6. The van der Waals surface area contributed by atoms with Crippen LogP contribution in [0.5, 0.6) is 0 Å². The molecule has 7 nitrogen and oxygen atoms in total. The van der Waals surface area contributed by atoms with Gasteiger partial charge in [0.25, 0.3) is 11.6 Å². The van der Waals surface area contributed by atoms with Gasteiger partial charge >= 0.3 is 0 Å². The summed E-state index contributed by atoms with van der Waals surface area (Å²) in [6.07, 6.45) is 6.41. The minimum atomic E-state index is -3.78. The summed E-state index contributed by atoms with van der Waals surface area (Å²) in [5, 5.41) is 11.3. The van der Waals surface area contributed by atoms with Crippen molar-refractivity contribution in [3.63, 3.8) is 0 Å². The van der Waals surface area contributed by atoms with E-state index in [4.69, 9.17) is 6.42 Å². The molecule has 156 valence electrons. The van der Waals surface area contributed by atoms with E-state index in [1.165, 1.54) is 4.90 Å². The minimum Gasteiger partial charge on any atom is -0.304 e. The Morgan fingerprint density at radius 2 is 1.77 bits per heavy atom. The Balaban J connectivity index is 2.15. The number of carbonyl (C=O) groups is 1. The van der Waals surface area contributed by atoms with Crippen LogP contribution >= 0.6 is 0 Å². The number of nitro benzene ring substituents is 1. The molecule has 0 aliphatic carbocycles. The smallest absolute Gasteiger partial charge is 0.271 e. The van der Waals surface area contributed by atoms with Crippen molar-refractivity contribution in [1.82, 2.24) is 0 Å². The van der Waals surface area contributed by atoms with E-state index in [0.717, 1.165) is 30.0 Å². The number of carbonyl (C=O) groups excluding carboxylic acids is 1. The molecule has 31 heavy (non-hydrogen) atoms. The molecule has 0 fully saturated rings. The van der Waals surface area contributed by atoms with Gasteiger partial charge in [0, 0.05) is 35.2 Å². The third-order valence-corrected chi connectivity index (χ3v) is 5.62. The molecule has 0 aliphatic heterocycles. The number of anilines is 1. The van der Waals surface area contributed by atoms with E-state index >= 15 is 0 Å². The van der Waals surface area contributed by atoms with Gasteiger partial charge in [-0.25, -0.2) is 8.42 Å². The number of terminal acetylenes is 1. The van der Waals surface area contributed by atoms with E-state index in [2.05, 4.69) is 5.92 Å². The van der Waals surface area contributed by atoms with E-state index in [1.807, 2.05) is 30.3 Å². The van der Waals surface area contributed by atoms with Crippen LogP contribution in [-0.4, -0.2) is 25.5 Å². The van der Waals surface area contributed by atoms with Crippen molar-refractivity contribution in [2.24, 2.45) is 0 Å². The molecule has 3 rings (SSSR count). The lowest BCUT2D eigenvalue weighted by Crippen LogP contribution is -2.30. The maximum absolute atomic E-state index is 13.5. The third-order valence-electron chi connectivity index (χ3n) is 4.53. The average Bonchev–Trinajstić information content (AvgIpc) is 2.76. The van der Waals surface area contributed by atoms with Crippen molar-refractivity contribution in [2.75, 3.05) is 11.2 Å². The largest absolute Gasteiger partial charge is 0.304 e. The zero-order chi connectivity index (χ0) is 22.6. The van der Waals surface area contributed by atoms with Crippen LogP contribution in [0.2, 0.25) is 0 Å². The van der Waals surface area contributed by atoms with E-state index in [0.29, 0.717) is 11.3 Å². The fraction of sp³-hybridized carbons (Fsp3) is 0.0870. The van der Waals surface area contributed by atoms with Crippen LogP contribution in [0.1, 0.15) is 21.5 Å². The number of amides is 1. The number of sulfone groups is 1. The molecule has 0 saturated heterocycles. The summed E-state index contributed by atoms with van der Waals surface area (Å²) in [6.45, 7) is 0.157. The Morgan fingerprint density at radius 3 is 2.39 bits per heavy atom. The van der Waals surface area contributed by atoms with Crippen LogP contribution in [0.15, 0.2) is 77.7 Å². The van der Waals surface area contributed by atoms with Crippen molar-refractivity contribution in [2.45, 2.75) is 11.4 Å². The van der Waals surface area contributed by atoms with Gasteiger partial charge in [0.2, 0.25) is 0 Å². The topological polar surface area (TPSA) is 97.6 Å². The minimum absolute atomic E-state index is 0.114. The second-order valence-corrected chi connectivity index (χ2v) is 8.83. The van der Waals surface area contributed by atoms with Gasteiger partial charge in [-0.15, -0.1) is 6.42 Å². The van der Waals surface area contributed by atoms with Gasteiger partial charge < -0.3 is 4.90 Å². The summed E-state index contributed by atoms with van der Waals surface area (Å²) in [6, 6.07) is 19.1. The highest BCUT2D eigenvalue weighted by atomic mass is 32.2. The third kappa shape index (κ3) is 5.15. The van der Waals surface area contributed by atoms with Gasteiger partial charge in [0.15, 0.2) is 9.84 Å². The zero-order valence-corrected chi connectivity index (χ0v) is 17.4. The molecule has 0 aromatic heterocycles. The monoisotopic (exact) mass is 434 g/mol. The molecule has 0 aliphatic rings. The van der Waals surface area contributed by atoms with E-state index in [1.54, 1.807) is 24.3 Å². The summed E-state index contributed by atoms with van der Waals surface area (Å²) in [5.74, 6) is 1.92. The fourth-order valence-electron chi connectivity index (χ4n) is 2.99. The molecule has 0 N–H and O–H groups in total. The van der Waals surface area contributed by atoms with Crippen molar-refractivity contribution < 1.29 is 18.1 Å². The molecular weight excluding hydrogens is 416 g/mol. The molecule has 0 heterocycles. The molecule has 0 unspecified atom stereocenters. The quantitative estimate of drug-likeness (QED) is 0.334. The molecule has 0 spiro atoms. The van der Waals surface area contributed by atoms with Crippen molar-refractivity contribution in [1.29, 1.82) is 0 Å². The molecule has 3 aromatic carbocycles. The Morgan fingerprint density at radius 1 is 1.06 bits per heavy atom. The lowest BCUT2D eigenvalue weighted by atomic mass is 10.1. The Kier molecular flexibility index (Phi) is 6.18. The lowest BCUT2D eigenvalue weighted by molar-refractivity contribution is -0.385. The van der Waals surface area contributed by atoms with Crippen molar-refractivity contribution >= 4 is 27.1 Å². The summed E-state index contributed by atoms with van der Waals surface area (Å²) in [7, 11) is -3.78. The number of hydrogen-bond acceptors (Lipinski definition) is 5. The van der Waals surface area contributed by atoms with Crippen LogP contribution in [0.4, 0.5) is 11.4 Å². The average molecular weight is 434 g/mol. The Labute approximate surface area is 180 Å². The molecule has 0 bridgehead atoms. The first-order valence-electron chi connectivity index (χ1n) is 9.11. The van der Waals surface area contributed by atoms with Crippen LogP contribution < -0.4 is 4.90 Å². The van der Waals surface area contributed by atoms with Crippen molar-refractivity contribution in [3.8, 4) is 12.3 Å². The SMILES string of the molecule is C#Cc1cccc(N(Cc2ccccc2)C(=O)c2cc([N+](=O)[O-])cc(S(C)(=O)=O)c2)c1. The predicted octanol–water partition coefficient (Wildman–Crippen LogP) is 3.83. The highest BCUT2D eigenvalue weighted by molar-refractivity contribution is 7.90. The molecule has 1 amide bonds. The van der Waals surface area contributed by atoms with Gasteiger partial charge in [0.1, 0.15) is 0 Å².